The second kappa shape index (κ2) is 7.55. The van der Waals surface area contributed by atoms with Crippen molar-refractivity contribution >= 4 is 11.6 Å². The Bertz CT molecular complexity index is 1240. The molecular formula is C23H21F3N4O2. The van der Waals surface area contributed by atoms with Gasteiger partial charge in [-0.1, -0.05) is 0 Å². The molecule has 0 fully saturated rings. The molecule has 4 rings (SSSR count). The SMILES string of the molecule is COc1cc(-c2cnc3cc(C(C)(C)C#N)ccn23)cc2c1C(=O)N(CC(F)(F)F)CC2. The van der Waals surface area contributed by atoms with Crippen LogP contribution in [0.25, 0.3) is 16.9 Å². The van der Waals surface area contributed by atoms with Gasteiger partial charge in [0.2, 0.25) is 0 Å². The maximum atomic E-state index is 12.8. The average molecular weight is 442 g/mol. The van der Waals surface area contributed by atoms with Crippen LogP contribution in [0.2, 0.25) is 0 Å². The normalized spacial score (nSPS) is 14.4. The summed E-state index contributed by atoms with van der Waals surface area (Å²) >= 11 is 0. The Kier molecular flexibility index (Phi) is 5.12. The molecule has 32 heavy (non-hydrogen) atoms. The largest absolute Gasteiger partial charge is 0.496 e. The van der Waals surface area contributed by atoms with Gasteiger partial charge < -0.3 is 9.64 Å². The second-order valence-electron chi connectivity index (χ2n) is 8.33. The number of ether oxygens (including phenoxy) is 1. The molecule has 0 saturated carbocycles. The zero-order valence-electron chi connectivity index (χ0n) is 17.8. The minimum absolute atomic E-state index is 0.0162. The van der Waals surface area contributed by atoms with E-state index in [1.54, 1.807) is 18.3 Å². The number of pyridine rings is 1. The van der Waals surface area contributed by atoms with Crippen molar-refractivity contribution in [3.63, 3.8) is 0 Å². The molecule has 9 heteroatoms. The van der Waals surface area contributed by atoms with E-state index in [0.29, 0.717) is 17.6 Å². The van der Waals surface area contributed by atoms with Crippen LogP contribution in [-0.2, 0) is 11.8 Å². The number of hydrogen-bond acceptors (Lipinski definition) is 4. The van der Waals surface area contributed by atoms with Crippen LogP contribution >= 0.6 is 0 Å². The molecule has 1 aliphatic rings. The number of aromatic nitrogens is 2. The number of alkyl halides is 3. The summed E-state index contributed by atoms with van der Waals surface area (Å²) in [5, 5.41) is 9.39. The Morgan fingerprint density at radius 2 is 2.00 bits per heavy atom. The Hall–Kier alpha value is -3.54. The molecule has 0 saturated heterocycles. The first-order valence-corrected chi connectivity index (χ1v) is 10.0. The van der Waals surface area contributed by atoms with Gasteiger partial charge in [-0.25, -0.2) is 4.98 Å². The zero-order valence-corrected chi connectivity index (χ0v) is 17.8. The van der Waals surface area contributed by atoms with Crippen molar-refractivity contribution in [2.24, 2.45) is 0 Å². The third-order valence-electron chi connectivity index (χ3n) is 5.74. The number of imidazole rings is 1. The van der Waals surface area contributed by atoms with Crippen molar-refractivity contribution in [1.82, 2.24) is 14.3 Å². The van der Waals surface area contributed by atoms with Crippen molar-refractivity contribution in [2.75, 3.05) is 20.2 Å². The number of amides is 1. The van der Waals surface area contributed by atoms with Crippen LogP contribution in [0.3, 0.4) is 0 Å². The predicted molar refractivity (Wildman–Crippen MR) is 111 cm³/mol. The molecule has 6 nitrogen and oxygen atoms in total. The highest BCUT2D eigenvalue weighted by Crippen LogP contribution is 2.35. The Morgan fingerprint density at radius 1 is 1.25 bits per heavy atom. The molecule has 1 aromatic carbocycles. The highest BCUT2D eigenvalue weighted by atomic mass is 19.4. The van der Waals surface area contributed by atoms with E-state index in [-0.39, 0.29) is 17.9 Å². The first kappa shape index (κ1) is 21.7. The van der Waals surface area contributed by atoms with Crippen LogP contribution in [0.5, 0.6) is 5.75 Å². The topological polar surface area (TPSA) is 70.6 Å². The predicted octanol–water partition coefficient (Wildman–Crippen LogP) is 4.37. The lowest BCUT2D eigenvalue weighted by atomic mass is 9.87. The fraction of sp³-hybridized carbons (Fsp3) is 0.348. The van der Waals surface area contributed by atoms with Crippen molar-refractivity contribution in [3.05, 3.63) is 53.3 Å². The summed E-state index contributed by atoms with van der Waals surface area (Å²) in [5.41, 5.74) is 3.11. The van der Waals surface area contributed by atoms with Gasteiger partial charge in [-0.05, 0) is 55.7 Å². The molecule has 0 spiro atoms. The van der Waals surface area contributed by atoms with Gasteiger partial charge in [0.15, 0.2) is 0 Å². The number of hydrogen-bond donors (Lipinski definition) is 0. The smallest absolute Gasteiger partial charge is 0.406 e. The van der Waals surface area contributed by atoms with Crippen molar-refractivity contribution < 1.29 is 22.7 Å². The number of benzene rings is 1. The Labute approximate surface area is 182 Å². The fourth-order valence-corrected chi connectivity index (χ4v) is 3.95. The van der Waals surface area contributed by atoms with Crippen LogP contribution < -0.4 is 4.74 Å². The highest BCUT2D eigenvalue weighted by molar-refractivity contribution is 6.00. The molecule has 1 amide bonds. The van der Waals surface area contributed by atoms with Crippen LogP contribution in [0.15, 0.2) is 36.7 Å². The average Bonchev–Trinajstić information content (AvgIpc) is 3.17. The molecule has 0 bridgehead atoms. The molecular weight excluding hydrogens is 421 g/mol. The van der Waals surface area contributed by atoms with E-state index < -0.39 is 24.0 Å². The minimum atomic E-state index is -4.46. The highest BCUT2D eigenvalue weighted by Gasteiger charge is 2.37. The molecule has 0 N–H and O–H groups in total. The number of carbonyl (C=O) groups excluding carboxylic acids is 1. The molecule has 3 aromatic rings. The molecule has 1 aliphatic heterocycles. The number of nitrogens with zero attached hydrogens (tertiary/aromatic N) is 4. The molecule has 0 aliphatic carbocycles. The lowest BCUT2D eigenvalue weighted by Crippen LogP contribution is -2.43. The van der Waals surface area contributed by atoms with E-state index in [9.17, 15) is 23.2 Å². The zero-order chi connectivity index (χ0) is 23.3. The van der Waals surface area contributed by atoms with Crippen molar-refractivity contribution in [2.45, 2.75) is 31.9 Å². The van der Waals surface area contributed by atoms with E-state index in [0.717, 1.165) is 21.7 Å². The van der Waals surface area contributed by atoms with Gasteiger partial charge in [0, 0.05) is 18.3 Å². The van der Waals surface area contributed by atoms with Gasteiger partial charge in [0.1, 0.15) is 17.9 Å². The fourth-order valence-electron chi connectivity index (χ4n) is 3.95. The number of methoxy groups -OCH3 is 1. The van der Waals surface area contributed by atoms with E-state index >= 15 is 0 Å². The number of rotatable bonds is 4. The lowest BCUT2D eigenvalue weighted by Gasteiger charge is -2.30. The number of fused-ring (bicyclic) bond motifs is 2. The first-order chi connectivity index (χ1) is 15.0. The van der Waals surface area contributed by atoms with Gasteiger partial charge in [0.05, 0.1) is 36.0 Å². The molecule has 166 valence electrons. The lowest BCUT2D eigenvalue weighted by molar-refractivity contribution is -0.141. The standard InChI is InChI=1S/C23H21F3N4O2/c1-22(2,12-27)16-5-7-30-17(11-28-19(30)10-16)15-8-14-4-6-29(13-23(24,25)26)21(31)20(14)18(9-15)32-3/h5,7-11H,4,6,13H2,1-3H3. The minimum Gasteiger partial charge on any atom is -0.496 e. The number of carbonyl (C=O) groups is 1. The van der Waals surface area contributed by atoms with E-state index in [1.165, 1.54) is 7.11 Å². The molecule has 0 unspecified atom stereocenters. The second-order valence-corrected chi connectivity index (χ2v) is 8.33. The third kappa shape index (κ3) is 3.77. The summed E-state index contributed by atoms with van der Waals surface area (Å²) in [6.07, 6.45) is -0.664. The maximum Gasteiger partial charge on any atom is 0.406 e. The Balaban J connectivity index is 1.76. The van der Waals surface area contributed by atoms with E-state index in [4.69, 9.17) is 4.74 Å². The molecule has 2 aromatic heterocycles. The van der Waals surface area contributed by atoms with Gasteiger partial charge in [-0.3, -0.25) is 9.20 Å². The summed E-state index contributed by atoms with van der Waals surface area (Å²) in [7, 11) is 1.39. The summed E-state index contributed by atoms with van der Waals surface area (Å²) in [6.45, 7) is 2.36. The van der Waals surface area contributed by atoms with Crippen molar-refractivity contribution in [1.29, 1.82) is 5.26 Å². The van der Waals surface area contributed by atoms with E-state index in [2.05, 4.69) is 11.1 Å². The molecule has 0 radical (unpaired) electrons. The maximum absolute atomic E-state index is 12.8. The van der Waals surface area contributed by atoms with Crippen LogP contribution in [-0.4, -0.2) is 46.6 Å². The Morgan fingerprint density at radius 3 is 2.66 bits per heavy atom. The summed E-state index contributed by atoms with van der Waals surface area (Å²) < 4.78 is 45.8. The van der Waals surface area contributed by atoms with Crippen LogP contribution in [0.4, 0.5) is 13.2 Å². The monoisotopic (exact) mass is 442 g/mol. The van der Waals surface area contributed by atoms with Crippen LogP contribution in [0.1, 0.15) is 35.3 Å². The van der Waals surface area contributed by atoms with Crippen molar-refractivity contribution in [3.8, 4) is 23.1 Å². The number of halogens is 3. The first-order valence-electron chi connectivity index (χ1n) is 10.0. The number of nitriles is 1. The van der Waals surface area contributed by atoms with Gasteiger partial charge in [-0.2, -0.15) is 18.4 Å². The van der Waals surface area contributed by atoms with E-state index in [1.807, 2.05) is 36.6 Å². The summed E-state index contributed by atoms with van der Waals surface area (Å²) in [4.78, 5) is 18.0. The van der Waals surface area contributed by atoms with Gasteiger partial charge in [0.25, 0.3) is 5.91 Å². The van der Waals surface area contributed by atoms with Gasteiger partial charge >= 0.3 is 6.18 Å². The van der Waals surface area contributed by atoms with Crippen LogP contribution in [0, 0.1) is 11.3 Å². The quantitative estimate of drug-likeness (QED) is 0.602. The van der Waals surface area contributed by atoms with Gasteiger partial charge in [-0.15, -0.1) is 0 Å². The summed E-state index contributed by atoms with van der Waals surface area (Å²) in [5.74, 6) is -0.458. The summed E-state index contributed by atoms with van der Waals surface area (Å²) in [6, 6.07) is 9.42. The third-order valence-corrected chi connectivity index (χ3v) is 5.74. The molecule has 3 heterocycles. The molecule has 0 atom stereocenters.